The number of rotatable bonds is 0. The fourth-order valence-corrected chi connectivity index (χ4v) is 0. The molecule has 0 rings (SSSR count). The average Bonchev–Trinajstić information content (AvgIpc) is 0. The first kappa shape index (κ1) is 42.7. The Hall–Kier alpha value is 5.29. The molecule has 0 amide bonds. The number of hydrogen-bond donors (Lipinski definition) is 0. The van der Waals surface area contributed by atoms with Crippen molar-refractivity contribution in [3.8, 4) is 0 Å². The van der Waals surface area contributed by atoms with E-state index in [4.69, 9.17) is 0 Å². The fourth-order valence-electron chi connectivity index (χ4n) is 0. The first-order valence-corrected chi connectivity index (χ1v) is 0. The molecule has 6 heteroatoms. The molecule has 0 fully saturated rings. The van der Waals surface area contributed by atoms with Crippen LogP contribution in [0.4, 0.5) is 0 Å². The molecule has 30 valence electrons. The summed E-state index contributed by atoms with van der Waals surface area (Å²) in [5.41, 5.74) is 0. The van der Waals surface area contributed by atoms with E-state index < -0.39 is 0 Å². The van der Waals surface area contributed by atoms with E-state index in [1.54, 1.807) is 0 Å². The van der Waals surface area contributed by atoms with Crippen LogP contribution in [0.5, 0.6) is 0 Å². The van der Waals surface area contributed by atoms with Crippen LogP contribution >= 0.6 is 0 Å². The summed E-state index contributed by atoms with van der Waals surface area (Å²) < 4.78 is 0. The monoisotopic (exact) mass is 214 g/mol. The first-order valence-electron chi connectivity index (χ1n) is 0. The molecule has 6 heavy (non-hydrogen) atoms. The number of hydrogen-bond acceptors (Lipinski definition) is 0. The summed E-state index contributed by atoms with van der Waals surface area (Å²) in [7, 11) is 0. The van der Waals surface area contributed by atoms with Crippen LogP contribution in [-0.4, -0.2) is 165 Å². The summed E-state index contributed by atoms with van der Waals surface area (Å²) in [5, 5.41) is 0. The summed E-state index contributed by atoms with van der Waals surface area (Å²) in [6.45, 7) is 0. The van der Waals surface area contributed by atoms with E-state index in [0.717, 1.165) is 0 Å². The van der Waals surface area contributed by atoms with Gasteiger partial charge in [0, 0.05) is 0 Å². The van der Waals surface area contributed by atoms with Gasteiger partial charge in [-0.3, -0.25) is 0 Å². The molecule has 0 aliphatic rings. The average molecular weight is 215 g/mol. The standard InChI is InChI=1S/Al.3Ca.Mg.H4Si.11H/h;;;;;1H4;;;;;;;;;;;. The Morgan fingerprint density at radius 1 is 0.667 bits per heavy atom. The quantitative estimate of drug-likeness (QED) is 0.352. The molecule has 0 aromatic rings. The van der Waals surface area contributed by atoms with Crippen molar-refractivity contribution < 1.29 is 0 Å². The minimum Gasteiger partial charge on any atom is -0.0149 e. The van der Waals surface area contributed by atoms with E-state index >= 15 is 0 Å². The molecule has 0 bridgehead atoms. The molecule has 0 saturated carbocycles. The van der Waals surface area contributed by atoms with Crippen molar-refractivity contribution in [2.24, 2.45) is 0 Å². The van der Waals surface area contributed by atoms with Crippen LogP contribution in [-0.2, 0) is 0 Å². The first-order chi connectivity index (χ1) is 0. The molecule has 0 aromatic heterocycles. The summed E-state index contributed by atoms with van der Waals surface area (Å²) in [4.78, 5) is 0. The minimum absolute atomic E-state index is 0. The van der Waals surface area contributed by atoms with Crippen LogP contribution in [0.2, 0.25) is 0 Å². The Morgan fingerprint density at radius 3 is 0.667 bits per heavy atom. The molecule has 0 aromatic carbocycles. The summed E-state index contributed by atoms with van der Waals surface area (Å²) in [5.74, 6) is 0. The Morgan fingerprint density at radius 2 is 0.667 bits per heavy atom. The van der Waals surface area contributed by atoms with Crippen LogP contribution < -0.4 is 0 Å². The Bertz CT molecular complexity index is 10.8. The molecular formula is H15AlCa3MgSi. The second kappa shape index (κ2) is 31.7. The van der Waals surface area contributed by atoms with Crippen LogP contribution in [0.25, 0.3) is 0 Å². The van der Waals surface area contributed by atoms with Gasteiger partial charge in [-0.2, -0.15) is 0 Å². The zero-order chi connectivity index (χ0) is 0. The maximum absolute atomic E-state index is 0. The van der Waals surface area contributed by atoms with Crippen LogP contribution in [0.1, 0.15) is 0 Å². The summed E-state index contributed by atoms with van der Waals surface area (Å²) in [6.07, 6.45) is 0. The van der Waals surface area contributed by atoms with Crippen LogP contribution in [0.3, 0.4) is 0 Å². The largest absolute Gasteiger partial charge is 0.316 e. The molecule has 0 saturated heterocycles. The summed E-state index contributed by atoms with van der Waals surface area (Å²) >= 11 is 0. The zero-order valence-electron chi connectivity index (χ0n) is 0. The van der Waals surface area contributed by atoms with Crippen molar-refractivity contribution in [3.63, 3.8) is 0 Å². The van der Waals surface area contributed by atoms with Crippen molar-refractivity contribution in [1.29, 1.82) is 0 Å². The van der Waals surface area contributed by atoms with Gasteiger partial charge in [0.15, 0.2) is 17.4 Å². The normalized spacial score (nSPS) is 0. The Kier molecular flexibility index (Phi) is 226. The predicted octanol–water partition coefficient (Wildman–Crippen LogP) is -6.30. The fraction of sp³-hybridized carbons (Fsp3) is 0. The molecule has 0 nitrogen and oxygen atoms in total. The van der Waals surface area contributed by atoms with Crippen LogP contribution in [0.15, 0.2) is 0 Å². The van der Waals surface area contributed by atoms with Gasteiger partial charge in [0.2, 0.25) is 0 Å². The molecule has 0 N–H and O–H groups in total. The third-order valence-corrected chi connectivity index (χ3v) is 0. The minimum atomic E-state index is 0. The van der Waals surface area contributed by atoms with E-state index in [-0.39, 0.29) is 165 Å². The molecule has 0 radical (unpaired) electrons. The Balaban J connectivity index is 0. The molecular weight excluding hydrogens is 200 g/mol. The predicted molar refractivity (Wildman–Crippen MR) is 55.4 cm³/mol. The zero-order valence-corrected chi connectivity index (χ0v) is 0. The van der Waals surface area contributed by atoms with Gasteiger partial charge >= 0.3 is 136 Å². The molecule has 0 aliphatic carbocycles. The summed E-state index contributed by atoms with van der Waals surface area (Å²) in [6, 6.07) is 0. The maximum Gasteiger partial charge on any atom is 0.316 e. The second-order valence-electron chi connectivity index (χ2n) is 0. The van der Waals surface area contributed by atoms with Gasteiger partial charge in [0.1, 0.15) is 0 Å². The van der Waals surface area contributed by atoms with E-state index in [0.29, 0.717) is 0 Å². The maximum atomic E-state index is 0. The van der Waals surface area contributed by atoms with Crippen molar-refractivity contribution in [2.75, 3.05) is 0 Å². The van der Waals surface area contributed by atoms with E-state index in [1.807, 2.05) is 0 Å². The van der Waals surface area contributed by atoms with E-state index in [9.17, 15) is 0 Å². The second-order valence-corrected chi connectivity index (χ2v) is 0. The van der Waals surface area contributed by atoms with Gasteiger partial charge in [-0.15, -0.1) is 0 Å². The van der Waals surface area contributed by atoms with E-state index in [2.05, 4.69) is 0 Å². The van der Waals surface area contributed by atoms with Gasteiger partial charge in [-0.25, -0.2) is 0 Å². The third-order valence-electron chi connectivity index (χ3n) is 0. The van der Waals surface area contributed by atoms with Crippen LogP contribution in [0, 0.1) is 0 Å². The molecule has 0 unspecified atom stereocenters. The van der Waals surface area contributed by atoms with Gasteiger partial charge in [-0.05, 0) is 11.0 Å². The molecule has 0 spiro atoms. The molecule has 0 atom stereocenters. The van der Waals surface area contributed by atoms with Gasteiger partial charge in [-0.1, -0.05) is 0 Å². The van der Waals surface area contributed by atoms with Gasteiger partial charge in [0.25, 0.3) is 0 Å². The van der Waals surface area contributed by atoms with Crippen molar-refractivity contribution in [2.45, 2.75) is 0 Å². The third kappa shape index (κ3) is 22.8. The molecule has 0 heterocycles. The smallest absolute Gasteiger partial charge is 0.0149 e. The molecule has 0 aliphatic heterocycles. The van der Waals surface area contributed by atoms with Crippen molar-refractivity contribution in [3.05, 3.63) is 0 Å². The van der Waals surface area contributed by atoms with E-state index in [1.165, 1.54) is 0 Å². The van der Waals surface area contributed by atoms with Crippen molar-refractivity contribution in [1.82, 2.24) is 0 Å². The van der Waals surface area contributed by atoms with Gasteiger partial charge < -0.3 is 0 Å². The van der Waals surface area contributed by atoms with Crippen molar-refractivity contribution >= 4 is 165 Å². The van der Waals surface area contributed by atoms with Gasteiger partial charge in [0.05, 0.1) is 0 Å². The topological polar surface area (TPSA) is 0 Å². The SMILES string of the molecule is [AlH3].[CaH2].[CaH2].[CaH2].[MgH2].[SiH4]. The Labute approximate surface area is 160 Å².